The van der Waals surface area contributed by atoms with Crippen LogP contribution < -0.4 is 15.5 Å². The largest absolute Gasteiger partial charge is 0.365 e. The van der Waals surface area contributed by atoms with E-state index in [1.165, 1.54) is 6.07 Å². The minimum Gasteiger partial charge on any atom is -0.365 e. The Labute approximate surface area is 167 Å². The Morgan fingerprint density at radius 1 is 1.14 bits per heavy atom. The molecule has 1 aromatic carbocycles. The monoisotopic (exact) mass is 406 g/mol. The van der Waals surface area contributed by atoms with Crippen LogP contribution in [0.1, 0.15) is 32.6 Å². The zero-order valence-electron chi connectivity index (χ0n) is 16.2. The number of nitrogens with zero attached hydrogens (tertiary/aromatic N) is 2. The molecule has 7 nitrogen and oxygen atoms in total. The fourth-order valence-corrected chi connectivity index (χ4v) is 4.70. The molecule has 0 aromatic heterocycles. The summed E-state index contributed by atoms with van der Waals surface area (Å²) < 4.78 is 26.8. The second-order valence-electron chi connectivity index (χ2n) is 8.19. The molecule has 0 bridgehead atoms. The molecule has 2 saturated heterocycles. The summed E-state index contributed by atoms with van der Waals surface area (Å²) in [6.45, 7) is 3.49. The molecule has 3 fully saturated rings. The van der Waals surface area contributed by atoms with Crippen LogP contribution in [0, 0.1) is 17.6 Å². The maximum atomic E-state index is 13.6. The lowest BCUT2D eigenvalue weighted by molar-refractivity contribution is -0.139. The van der Waals surface area contributed by atoms with Crippen molar-refractivity contribution in [2.24, 2.45) is 5.92 Å². The number of urea groups is 1. The van der Waals surface area contributed by atoms with E-state index < -0.39 is 23.2 Å². The van der Waals surface area contributed by atoms with Gasteiger partial charge < -0.3 is 15.1 Å². The van der Waals surface area contributed by atoms with E-state index in [1.807, 2.05) is 16.7 Å². The summed E-state index contributed by atoms with van der Waals surface area (Å²) in [6, 6.07) is 3.35. The van der Waals surface area contributed by atoms with Crippen molar-refractivity contribution >= 4 is 23.5 Å². The molecular weight excluding hydrogens is 382 g/mol. The van der Waals surface area contributed by atoms with Crippen LogP contribution in [0.2, 0.25) is 0 Å². The second-order valence-corrected chi connectivity index (χ2v) is 8.19. The predicted octanol–water partition coefficient (Wildman–Crippen LogP) is 1.77. The third kappa shape index (κ3) is 3.54. The van der Waals surface area contributed by atoms with Crippen LogP contribution in [0.15, 0.2) is 18.2 Å². The van der Waals surface area contributed by atoms with E-state index in [2.05, 4.69) is 10.6 Å². The summed E-state index contributed by atoms with van der Waals surface area (Å²) in [5.41, 5.74) is -0.266. The zero-order chi connectivity index (χ0) is 20.8. The lowest BCUT2D eigenvalue weighted by Gasteiger charge is -2.43. The number of imide groups is 1. The van der Waals surface area contributed by atoms with Gasteiger partial charge in [0.2, 0.25) is 5.91 Å². The van der Waals surface area contributed by atoms with Crippen molar-refractivity contribution in [2.45, 2.75) is 44.2 Å². The van der Waals surface area contributed by atoms with Gasteiger partial charge in [-0.2, -0.15) is 0 Å². The van der Waals surface area contributed by atoms with Crippen molar-refractivity contribution in [3.8, 4) is 0 Å². The zero-order valence-corrected chi connectivity index (χ0v) is 16.2. The number of halogens is 2. The topological polar surface area (TPSA) is 81.8 Å². The van der Waals surface area contributed by atoms with Gasteiger partial charge in [0.25, 0.3) is 5.91 Å². The number of carbonyl (C=O) groups is 3. The molecule has 156 valence electrons. The molecule has 1 saturated carbocycles. The number of amides is 4. The maximum absolute atomic E-state index is 13.6. The average Bonchev–Trinajstić information content (AvgIpc) is 2.97. The molecule has 4 rings (SSSR count). The summed E-state index contributed by atoms with van der Waals surface area (Å²) in [5.74, 6) is -2.18. The van der Waals surface area contributed by atoms with Gasteiger partial charge in [-0.3, -0.25) is 14.9 Å². The van der Waals surface area contributed by atoms with Gasteiger partial charge >= 0.3 is 6.03 Å². The van der Waals surface area contributed by atoms with Crippen LogP contribution in [0.3, 0.4) is 0 Å². The summed E-state index contributed by atoms with van der Waals surface area (Å²) in [5, 5.41) is 4.99. The highest BCUT2D eigenvalue weighted by molar-refractivity contribution is 6.07. The van der Waals surface area contributed by atoms with Crippen LogP contribution in [0.25, 0.3) is 0 Å². The van der Waals surface area contributed by atoms with Gasteiger partial charge in [0.1, 0.15) is 5.54 Å². The van der Waals surface area contributed by atoms with Crippen molar-refractivity contribution in [1.29, 1.82) is 0 Å². The molecule has 2 heterocycles. The summed E-state index contributed by atoms with van der Waals surface area (Å²) in [7, 11) is 0. The van der Waals surface area contributed by atoms with Crippen LogP contribution in [-0.2, 0) is 9.59 Å². The molecule has 1 aromatic rings. The maximum Gasteiger partial charge on any atom is 0.322 e. The van der Waals surface area contributed by atoms with Crippen LogP contribution in [0.5, 0.6) is 0 Å². The SMILES string of the molecule is C[C@H]1CN(C(=O)C2CCC3(CC2)NC(=O)NC3=O)CCN1c1ccc(F)c(F)c1. The highest BCUT2D eigenvalue weighted by atomic mass is 19.2. The Balaban J connectivity index is 1.36. The molecule has 2 N–H and O–H groups in total. The third-order valence-electron chi connectivity index (χ3n) is 6.38. The highest BCUT2D eigenvalue weighted by Gasteiger charge is 2.49. The molecule has 29 heavy (non-hydrogen) atoms. The average molecular weight is 406 g/mol. The first-order valence-corrected chi connectivity index (χ1v) is 9.93. The summed E-state index contributed by atoms with van der Waals surface area (Å²) in [4.78, 5) is 40.3. The first-order valence-electron chi connectivity index (χ1n) is 9.93. The van der Waals surface area contributed by atoms with Crippen molar-refractivity contribution in [3.05, 3.63) is 29.8 Å². The van der Waals surface area contributed by atoms with Crippen LogP contribution in [-0.4, -0.2) is 54.0 Å². The molecule has 9 heteroatoms. The molecule has 3 aliphatic rings. The standard InChI is InChI=1S/C20H24F2N4O3/c1-12-11-25(8-9-26(12)14-2-3-15(21)16(22)10-14)17(27)13-4-6-20(7-5-13)18(28)23-19(29)24-20/h2-3,10,12-13H,4-9,11H2,1H3,(H2,23,24,28,29)/t12-,13?,20?/m0/s1. The number of hydrogen-bond acceptors (Lipinski definition) is 4. The smallest absolute Gasteiger partial charge is 0.322 e. The van der Waals surface area contributed by atoms with E-state index in [-0.39, 0.29) is 23.8 Å². The Kier molecular flexibility index (Phi) is 4.92. The van der Waals surface area contributed by atoms with Gasteiger partial charge in [-0.15, -0.1) is 0 Å². The molecule has 1 spiro atoms. The van der Waals surface area contributed by atoms with Crippen molar-refractivity contribution in [1.82, 2.24) is 15.5 Å². The Bertz CT molecular complexity index is 854. The quantitative estimate of drug-likeness (QED) is 0.734. The van der Waals surface area contributed by atoms with Gasteiger partial charge in [-0.25, -0.2) is 13.6 Å². The first kappa shape index (κ1) is 19.6. The van der Waals surface area contributed by atoms with E-state index in [0.717, 1.165) is 6.07 Å². The molecular formula is C20H24F2N4O3. The number of carbonyl (C=O) groups excluding carboxylic acids is 3. The molecule has 2 aliphatic heterocycles. The van der Waals surface area contributed by atoms with Crippen molar-refractivity contribution < 1.29 is 23.2 Å². The Hall–Kier alpha value is -2.71. The van der Waals surface area contributed by atoms with Gasteiger partial charge in [-0.1, -0.05) is 0 Å². The minimum atomic E-state index is -0.882. The number of piperazine rings is 1. The number of nitrogens with one attached hydrogen (secondary N) is 2. The van der Waals surface area contributed by atoms with Gasteiger partial charge in [0.05, 0.1) is 0 Å². The minimum absolute atomic E-state index is 0.0348. The molecule has 1 aliphatic carbocycles. The number of hydrogen-bond donors (Lipinski definition) is 2. The van der Waals surface area contributed by atoms with E-state index >= 15 is 0 Å². The van der Waals surface area contributed by atoms with E-state index in [9.17, 15) is 23.2 Å². The Morgan fingerprint density at radius 3 is 2.45 bits per heavy atom. The number of benzene rings is 1. The molecule has 4 amide bonds. The highest BCUT2D eigenvalue weighted by Crippen LogP contribution is 2.35. The van der Waals surface area contributed by atoms with E-state index in [4.69, 9.17) is 0 Å². The van der Waals surface area contributed by atoms with Crippen molar-refractivity contribution in [3.63, 3.8) is 0 Å². The summed E-state index contributed by atoms with van der Waals surface area (Å²) >= 11 is 0. The lowest BCUT2D eigenvalue weighted by atomic mass is 9.76. The van der Waals surface area contributed by atoms with E-state index in [1.54, 1.807) is 6.07 Å². The van der Waals surface area contributed by atoms with Gasteiger partial charge in [0, 0.05) is 43.3 Å². The normalized spacial score (nSPS) is 29.8. The summed E-state index contributed by atoms with van der Waals surface area (Å²) in [6.07, 6.45) is 1.99. The lowest BCUT2D eigenvalue weighted by Crippen LogP contribution is -2.56. The molecule has 0 radical (unpaired) electrons. The number of anilines is 1. The van der Waals surface area contributed by atoms with Crippen molar-refractivity contribution in [2.75, 3.05) is 24.5 Å². The first-order chi connectivity index (χ1) is 13.8. The van der Waals surface area contributed by atoms with Gasteiger partial charge in [-0.05, 0) is 44.7 Å². The fourth-order valence-electron chi connectivity index (χ4n) is 4.70. The second kappa shape index (κ2) is 7.27. The molecule has 0 unspecified atom stereocenters. The molecule has 1 atom stereocenters. The third-order valence-corrected chi connectivity index (χ3v) is 6.38. The van der Waals surface area contributed by atoms with E-state index in [0.29, 0.717) is 51.0 Å². The Morgan fingerprint density at radius 2 is 1.86 bits per heavy atom. The van der Waals surface area contributed by atoms with Gasteiger partial charge in [0.15, 0.2) is 11.6 Å². The van der Waals surface area contributed by atoms with Crippen LogP contribution >= 0.6 is 0 Å². The van der Waals surface area contributed by atoms with Crippen LogP contribution in [0.4, 0.5) is 19.3 Å². The number of rotatable bonds is 2. The fraction of sp³-hybridized carbons (Fsp3) is 0.550. The predicted molar refractivity (Wildman–Crippen MR) is 101 cm³/mol.